The number of aryl methyl sites for hydroxylation is 1. The molecule has 0 aliphatic carbocycles. The summed E-state index contributed by atoms with van der Waals surface area (Å²) in [7, 11) is -3.32. The third-order valence-electron chi connectivity index (χ3n) is 5.81. The summed E-state index contributed by atoms with van der Waals surface area (Å²) in [5.74, 6) is 0.104. The van der Waals surface area contributed by atoms with E-state index in [9.17, 15) is 13.2 Å². The minimum atomic E-state index is -3.32. The van der Waals surface area contributed by atoms with Crippen molar-refractivity contribution in [1.82, 2.24) is 4.90 Å². The molecular weight excluding hydrogens is 422 g/mol. The molecule has 2 aliphatic heterocycles. The van der Waals surface area contributed by atoms with Crippen LogP contribution in [-0.2, 0) is 10.0 Å². The largest absolute Gasteiger partial charge is 0.368 e. The van der Waals surface area contributed by atoms with Crippen LogP contribution in [0.25, 0.3) is 0 Å². The molecule has 1 amide bonds. The molecule has 0 unspecified atom stereocenters. The molecule has 0 aromatic heterocycles. The Kier molecular flexibility index (Phi) is 5.93. The summed E-state index contributed by atoms with van der Waals surface area (Å²) in [6.07, 6.45) is 1.52. The number of carbonyl (C=O) groups excluding carboxylic acids is 1. The lowest BCUT2D eigenvalue weighted by atomic mass is 10.1. The van der Waals surface area contributed by atoms with Crippen LogP contribution in [0.3, 0.4) is 0 Å². The van der Waals surface area contributed by atoms with E-state index in [1.165, 1.54) is 4.31 Å². The van der Waals surface area contributed by atoms with Gasteiger partial charge in [0.2, 0.25) is 10.0 Å². The predicted octanol–water partition coefficient (Wildman–Crippen LogP) is 3.54. The number of hydrogen-bond donors (Lipinski definition) is 0. The first-order valence-corrected chi connectivity index (χ1v) is 12.2. The lowest BCUT2D eigenvalue weighted by Crippen LogP contribution is -2.48. The van der Waals surface area contributed by atoms with E-state index in [1.54, 1.807) is 12.1 Å². The molecule has 6 nitrogen and oxygen atoms in total. The van der Waals surface area contributed by atoms with Gasteiger partial charge in [-0.1, -0.05) is 23.7 Å². The van der Waals surface area contributed by atoms with Crippen molar-refractivity contribution in [3.63, 3.8) is 0 Å². The first kappa shape index (κ1) is 21.0. The number of sulfonamides is 1. The summed E-state index contributed by atoms with van der Waals surface area (Å²) >= 11 is 6.10. The van der Waals surface area contributed by atoms with E-state index in [-0.39, 0.29) is 11.7 Å². The van der Waals surface area contributed by atoms with Gasteiger partial charge in [0.25, 0.3) is 5.91 Å². The van der Waals surface area contributed by atoms with Crippen LogP contribution in [0.15, 0.2) is 42.5 Å². The molecule has 0 bridgehead atoms. The Balaban J connectivity index is 1.49. The minimum Gasteiger partial charge on any atom is -0.368 e. The summed E-state index contributed by atoms with van der Waals surface area (Å²) in [6, 6.07) is 13.1. The molecule has 2 aliphatic rings. The zero-order valence-electron chi connectivity index (χ0n) is 17.1. The highest BCUT2D eigenvalue weighted by atomic mass is 35.5. The Morgan fingerprint density at radius 1 is 0.967 bits per heavy atom. The van der Waals surface area contributed by atoms with Gasteiger partial charge in [-0.15, -0.1) is 0 Å². The number of piperazine rings is 1. The fraction of sp³-hybridized carbons (Fsp3) is 0.409. The molecule has 160 valence electrons. The SMILES string of the molecule is Cc1ccc(C(=O)N2CCN(c3cccc(Cl)c3)CC2)cc1N1CCCCS1(=O)=O. The van der Waals surface area contributed by atoms with Gasteiger partial charge in [0.05, 0.1) is 11.4 Å². The molecular formula is C22H26ClN3O3S. The molecule has 0 saturated carbocycles. The second kappa shape index (κ2) is 8.47. The van der Waals surface area contributed by atoms with E-state index in [4.69, 9.17) is 11.6 Å². The number of benzene rings is 2. The third kappa shape index (κ3) is 4.27. The lowest BCUT2D eigenvalue weighted by Gasteiger charge is -2.36. The molecule has 0 atom stereocenters. The Hall–Kier alpha value is -2.25. The molecule has 2 fully saturated rings. The van der Waals surface area contributed by atoms with Gasteiger partial charge in [0.15, 0.2) is 0 Å². The number of rotatable bonds is 3. The summed E-state index contributed by atoms with van der Waals surface area (Å²) in [5, 5.41) is 0.700. The fourth-order valence-electron chi connectivity index (χ4n) is 4.09. The van der Waals surface area contributed by atoms with Crippen LogP contribution in [0.4, 0.5) is 11.4 Å². The smallest absolute Gasteiger partial charge is 0.254 e. The normalized spacial score (nSPS) is 19.1. The molecule has 2 aromatic rings. The van der Waals surface area contributed by atoms with E-state index in [0.29, 0.717) is 42.3 Å². The van der Waals surface area contributed by atoms with Gasteiger partial charge in [-0.3, -0.25) is 9.10 Å². The van der Waals surface area contributed by atoms with Gasteiger partial charge in [-0.25, -0.2) is 8.42 Å². The van der Waals surface area contributed by atoms with Crippen molar-refractivity contribution < 1.29 is 13.2 Å². The maximum Gasteiger partial charge on any atom is 0.254 e. The second-order valence-corrected chi connectivity index (χ2v) is 10.3. The van der Waals surface area contributed by atoms with Crippen LogP contribution in [0, 0.1) is 6.92 Å². The summed E-state index contributed by atoms with van der Waals surface area (Å²) in [4.78, 5) is 17.2. The van der Waals surface area contributed by atoms with Gasteiger partial charge in [0, 0.05) is 49.0 Å². The number of hydrogen-bond acceptors (Lipinski definition) is 4. The predicted molar refractivity (Wildman–Crippen MR) is 121 cm³/mol. The van der Waals surface area contributed by atoms with Crippen LogP contribution in [0.5, 0.6) is 0 Å². The van der Waals surface area contributed by atoms with Crippen LogP contribution in [0.1, 0.15) is 28.8 Å². The highest BCUT2D eigenvalue weighted by molar-refractivity contribution is 7.92. The van der Waals surface area contributed by atoms with Crippen molar-refractivity contribution >= 4 is 38.9 Å². The monoisotopic (exact) mass is 447 g/mol. The Morgan fingerprint density at radius 3 is 2.43 bits per heavy atom. The highest BCUT2D eigenvalue weighted by Crippen LogP contribution is 2.29. The number of carbonyl (C=O) groups is 1. The quantitative estimate of drug-likeness (QED) is 0.722. The molecule has 0 radical (unpaired) electrons. The summed E-state index contributed by atoms with van der Waals surface area (Å²) < 4.78 is 26.5. The van der Waals surface area contributed by atoms with Gasteiger partial charge < -0.3 is 9.80 Å². The second-order valence-electron chi connectivity index (χ2n) is 7.86. The van der Waals surface area contributed by atoms with E-state index in [1.807, 2.05) is 42.2 Å². The molecule has 2 heterocycles. The molecule has 0 spiro atoms. The average Bonchev–Trinajstić information content (AvgIpc) is 2.74. The van der Waals surface area contributed by atoms with Gasteiger partial charge >= 0.3 is 0 Å². The van der Waals surface area contributed by atoms with Crippen molar-refractivity contribution in [3.8, 4) is 0 Å². The molecule has 4 rings (SSSR count). The number of amides is 1. The maximum absolute atomic E-state index is 13.1. The number of anilines is 2. The lowest BCUT2D eigenvalue weighted by molar-refractivity contribution is 0.0747. The van der Waals surface area contributed by atoms with Gasteiger partial charge in [-0.05, 0) is 55.7 Å². The van der Waals surface area contributed by atoms with Gasteiger partial charge in [0.1, 0.15) is 0 Å². The molecule has 2 saturated heterocycles. The first-order chi connectivity index (χ1) is 14.3. The molecule has 8 heteroatoms. The van der Waals surface area contributed by atoms with Crippen LogP contribution in [0.2, 0.25) is 5.02 Å². The van der Waals surface area contributed by atoms with E-state index >= 15 is 0 Å². The molecule has 2 aromatic carbocycles. The number of nitrogens with zero attached hydrogens (tertiary/aromatic N) is 3. The zero-order chi connectivity index (χ0) is 21.3. The van der Waals surface area contributed by atoms with Crippen LogP contribution in [-0.4, -0.2) is 57.7 Å². The maximum atomic E-state index is 13.1. The standard InChI is InChI=1S/C22H26ClN3O3S/c1-17-7-8-18(15-21(17)26-9-2-3-14-30(26,28)29)22(27)25-12-10-24(11-13-25)20-6-4-5-19(23)16-20/h4-8,15-16H,2-3,9-14H2,1H3. The minimum absolute atomic E-state index is 0.0589. The Bertz CT molecular complexity index is 1050. The number of halogens is 1. The van der Waals surface area contributed by atoms with Crippen LogP contribution < -0.4 is 9.21 Å². The van der Waals surface area contributed by atoms with Crippen molar-refractivity contribution in [2.24, 2.45) is 0 Å². The summed E-state index contributed by atoms with van der Waals surface area (Å²) in [6.45, 7) is 5.03. The molecule has 0 N–H and O–H groups in total. The molecule has 30 heavy (non-hydrogen) atoms. The zero-order valence-corrected chi connectivity index (χ0v) is 18.6. The Labute approximate surface area is 183 Å². The van der Waals surface area contributed by atoms with Crippen molar-refractivity contribution in [1.29, 1.82) is 0 Å². The third-order valence-corrected chi connectivity index (χ3v) is 7.90. The Morgan fingerprint density at radius 2 is 1.73 bits per heavy atom. The van der Waals surface area contributed by atoms with Crippen molar-refractivity contribution in [2.45, 2.75) is 19.8 Å². The van der Waals surface area contributed by atoms with Crippen LogP contribution >= 0.6 is 11.6 Å². The van der Waals surface area contributed by atoms with Crippen molar-refractivity contribution in [3.05, 3.63) is 58.6 Å². The van der Waals surface area contributed by atoms with Gasteiger partial charge in [-0.2, -0.15) is 0 Å². The fourth-order valence-corrected chi connectivity index (χ4v) is 5.97. The topological polar surface area (TPSA) is 60.9 Å². The van der Waals surface area contributed by atoms with E-state index < -0.39 is 10.0 Å². The first-order valence-electron chi connectivity index (χ1n) is 10.3. The summed E-state index contributed by atoms with van der Waals surface area (Å²) in [5.41, 5.74) is 3.08. The van der Waals surface area contributed by atoms with E-state index in [2.05, 4.69) is 4.90 Å². The van der Waals surface area contributed by atoms with Crippen molar-refractivity contribution in [2.75, 3.05) is 47.7 Å². The average molecular weight is 448 g/mol. The van der Waals surface area contributed by atoms with E-state index in [0.717, 1.165) is 30.8 Å². The highest BCUT2D eigenvalue weighted by Gasteiger charge is 2.29.